The Morgan fingerprint density at radius 1 is 1.09 bits per heavy atom. The molecule has 8 nitrogen and oxygen atoms in total. The Balaban J connectivity index is 1.32. The van der Waals surface area contributed by atoms with E-state index in [0.717, 1.165) is 50.2 Å². The molecule has 186 valence electrons. The van der Waals surface area contributed by atoms with Crippen molar-refractivity contribution < 1.29 is 9.59 Å². The topological polar surface area (TPSA) is 81.7 Å². The fourth-order valence-corrected chi connectivity index (χ4v) is 5.77. The van der Waals surface area contributed by atoms with E-state index in [0.29, 0.717) is 18.9 Å². The molecule has 0 saturated carbocycles. The van der Waals surface area contributed by atoms with E-state index in [1.54, 1.807) is 4.90 Å². The number of benzene rings is 1. The van der Waals surface area contributed by atoms with E-state index in [1.807, 2.05) is 24.2 Å². The van der Waals surface area contributed by atoms with E-state index in [2.05, 4.69) is 53.4 Å². The number of rotatable bonds is 4. The molecule has 2 amide bonds. The van der Waals surface area contributed by atoms with Crippen molar-refractivity contribution in [2.75, 3.05) is 39.0 Å². The van der Waals surface area contributed by atoms with E-state index in [-0.39, 0.29) is 35.7 Å². The number of hydrogen-bond acceptors (Lipinski definition) is 6. The number of fused-ring (bicyclic) bond motifs is 1. The van der Waals surface area contributed by atoms with E-state index in [1.165, 1.54) is 5.56 Å². The van der Waals surface area contributed by atoms with E-state index in [4.69, 9.17) is 4.98 Å². The van der Waals surface area contributed by atoms with Crippen LogP contribution in [0.5, 0.6) is 0 Å². The summed E-state index contributed by atoms with van der Waals surface area (Å²) in [7, 11) is 3.98. The number of likely N-dealkylation sites (N-methyl/N-ethyl adjacent to an activating group) is 1. The van der Waals surface area contributed by atoms with Crippen LogP contribution in [0.25, 0.3) is 0 Å². The smallest absolute Gasteiger partial charge is 0.227 e. The lowest BCUT2D eigenvalue weighted by molar-refractivity contribution is -0.141. The second-order valence-electron chi connectivity index (χ2n) is 10.5. The third-order valence-corrected chi connectivity index (χ3v) is 7.96. The molecule has 0 radical (unpaired) electrons. The van der Waals surface area contributed by atoms with Gasteiger partial charge in [-0.05, 0) is 50.9 Å². The average molecular weight is 477 g/mol. The average Bonchev–Trinajstić information content (AvgIpc) is 2.86. The molecule has 2 aromatic rings. The molecule has 3 aliphatic rings. The highest BCUT2D eigenvalue weighted by molar-refractivity contribution is 5.81. The van der Waals surface area contributed by atoms with Crippen LogP contribution in [0.1, 0.15) is 48.9 Å². The Morgan fingerprint density at radius 2 is 1.89 bits per heavy atom. The van der Waals surface area contributed by atoms with Crippen LogP contribution in [0.3, 0.4) is 0 Å². The Kier molecular flexibility index (Phi) is 6.73. The van der Waals surface area contributed by atoms with Gasteiger partial charge in [0.1, 0.15) is 0 Å². The second kappa shape index (κ2) is 9.93. The van der Waals surface area contributed by atoms with Crippen LogP contribution in [0.4, 0.5) is 5.95 Å². The SMILES string of the molecule is C[C@@H]1Cc2cnc(N[C@H]3CCN(C)C(=O)C3)nc2CN1C(=O)[C@H]1CCN(C)C[C@@H]1c1ccccc1. The monoisotopic (exact) mass is 476 g/mol. The van der Waals surface area contributed by atoms with Crippen LogP contribution in [0.2, 0.25) is 0 Å². The van der Waals surface area contributed by atoms with Crippen molar-refractivity contribution in [3.8, 4) is 0 Å². The molecule has 0 spiro atoms. The molecule has 0 bridgehead atoms. The first-order valence-corrected chi connectivity index (χ1v) is 12.8. The van der Waals surface area contributed by atoms with Gasteiger partial charge in [-0.2, -0.15) is 0 Å². The minimum absolute atomic E-state index is 0.0257. The van der Waals surface area contributed by atoms with Crippen molar-refractivity contribution in [1.29, 1.82) is 0 Å². The molecule has 2 fully saturated rings. The molecule has 8 heteroatoms. The highest BCUT2D eigenvalue weighted by atomic mass is 16.2. The maximum Gasteiger partial charge on any atom is 0.227 e. The summed E-state index contributed by atoms with van der Waals surface area (Å²) in [5, 5.41) is 3.36. The molecule has 4 heterocycles. The van der Waals surface area contributed by atoms with Crippen molar-refractivity contribution in [2.24, 2.45) is 5.92 Å². The molecule has 2 saturated heterocycles. The molecule has 1 aromatic heterocycles. The molecule has 5 rings (SSSR count). The van der Waals surface area contributed by atoms with Crippen LogP contribution in [-0.4, -0.2) is 82.3 Å². The maximum atomic E-state index is 13.9. The summed E-state index contributed by atoms with van der Waals surface area (Å²) < 4.78 is 0. The third kappa shape index (κ3) is 5.03. The van der Waals surface area contributed by atoms with Crippen LogP contribution < -0.4 is 5.32 Å². The van der Waals surface area contributed by atoms with E-state index >= 15 is 0 Å². The first kappa shape index (κ1) is 23.7. The van der Waals surface area contributed by atoms with Gasteiger partial charge in [-0.1, -0.05) is 30.3 Å². The first-order chi connectivity index (χ1) is 16.9. The van der Waals surface area contributed by atoms with Gasteiger partial charge in [-0.15, -0.1) is 0 Å². The summed E-state index contributed by atoms with van der Waals surface area (Å²) in [6.45, 7) is 5.20. The van der Waals surface area contributed by atoms with E-state index < -0.39 is 0 Å². The molecule has 0 aliphatic carbocycles. The molecular formula is C27H36N6O2. The molecule has 1 aromatic carbocycles. The Bertz CT molecular complexity index is 1080. The van der Waals surface area contributed by atoms with E-state index in [9.17, 15) is 9.59 Å². The molecule has 0 unspecified atom stereocenters. The van der Waals surface area contributed by atoms with Crippen molar-refractivity contribution in [1.82, 2.24) is 24.7 Å². The summed E-state index contributed by atoms with van der Waals surface area (Å²) in [6.07, 6.45) is 4.85. The van der Waals surface area contributed by atoms with Gasteiger partial charge in [-0.3, -0.25) is 9.59 Å². The minimum Gasteiger partial charge on any atom is -0.351 e. The second-order valence-corrected chi connectivity index (χ2v) is 10.5. The zero-order valence-corrected chi connectivity index (χ0v) is 21.0. The number of piperidine rings is 2. The Labute approximate surface area is 207 Å². The van der Waals surface area contributed by atoms with Crippen LogP contribution in [0, 0.1) is 5.92 Å². The predicted molar refractivity (Wildman–Crippen MR) is 135 cm³/mol. The molecular weight excluding hydrogens is 440 g/mol. The zero-order chi connectivity index (χ0) is 24.5. The van der Waals surface area contributed by atoms with Gasteiger partial charge in [0.05, 0.1) is 12.2 Å². The lowest BCUT2D eigenvalue weighted by atomic mass is 9.79. The van der Waals surface area contributed by atoms with Crippen molar-refractivity contribution in [3.63, 3.8) is 0 Å². The number of carbonyl (C=O) groups excluding carboxylic acids is 2. The van der Waals surface area contributed by atoms with Crippen molar-refractivity contribution in [3.05, 3.63) is 53.3 Å². The van der Waals surface area contributed by atoms with Gasteiger partial charge in [0, 0.05) is 56.7 Å². The number of amides is 2. The Morgan fingerprint density at radius 3 is 2.66 bits per heavy atom. The first-order valence-electron chi connectivity index (χ1n) is 12.8. The zero-order valence-electron chi connectivity index (χ0n) is 21.0. The van der Waals surface area contributed by atoms with Crippen LogP contribution in [-0.2, 0) is 22.6 Å². The van der Waals surface area contributed by atoms with Crippen molar-refractivity contribution >= 4 is 17.8 Å². The summed E-state index contributed by atoms with van der Waals surface area (Å²) in [6, 6.07) is 10.6. The number of anilines is 1. The summed E-state index contributed by atoms with van der Waals surface area (Å²) in [4.78, 5) is 41.5. The van der Waals surface area contributed by atoms with Gasteiger partial charge in [0.2, 0.25) is 17.8 Å². The van der Waals surface area contributed by atoms with Gasteiger partial charge < -0.3 is 20.0 Å². The highest BCUT2D eigenvalue weighted by Gasteiger charge is 2.39. The van der Waals surface area contributed by atoms with Crippen LogP contribution in [0.15, 0.2) is 36.5 Å². The third-order valence-electron chi connectivity index (χ3n) is 7.96. The number of carbonyl (C=O) groups is 2. The summed E-state index contributed by atoms with van der Waals surface area (Å²) in [5.74, 6) is 1.10. The maximum absolute atomic E-state index is 13.9. The number of nitrogens with one attached hydrogen (secondary N) is 1. The fraction of sp³-hybridized carbons (Fsp3) is 0.556. The summed E-state index contributed by atoms with van der Waals surface area (Å²) in [5.41, 5.74) is 3.26. The van der Waals surface area contributed by atoms with Gasteiger partial charge in [0.15, 0.2) is 0 Å². The quantitative estimate of drug-likeness (QED) is 0.730. The molecule has 3 aliphatic heterocycles. The normalized spacial score (nSPS) is 27.5. The lowest BCUT2D eigenvalue weighted by Crippen LogP contribution is -2.50. The number of nitrogens with zero attached hydrogens (tertiary/aromatic N) is 5. The number of aromatic nitrogens is 2. The predicted octanol–water partition coefficient (Wildman–Crippen LogP) is 2.52. The molecule has 4 atom stereocenters. The molecule has 35 heavy (non-hydrogen) atoms. The van der Waals surface area contributed by atoms with Crippen LogP contribution >= 0.6 is 0 Å². The Hall–Kier alpha value is -3.00. The largest absolute Gasteiger partial charge is 0.351 e. The molecule has 1 N–H and O–H groups in total. The fourth-order valence-electron chi connectivity index (χ4n) is 5.77. The highest BCUT2D eigenvalue weighted by Crippen LogP contribution is 2.35. The lowest BCUT2D eigenvalue weighted by Gasteiger charge is -2.42. The van der Waals surface area contributed by atoms with Gasteiger partial charge >= 0.3 is 0 Å². The van der Waals surface area contributed by atoms with Gasteiger partial charge in [0.25, 0.3) is 0 Å². The van der Waals surface area contributed by atoms with Gasteiger partial charge in [-0.25, -0.2) is 9.97 Å². The van der Waals surface area contributed by atoms with Crippen molar-refractivity contribution in [2.45, 2.75) is 57.2 Å². The number of hydrogen-bond donors (Lipinski definition) is 1. The minimum atomic E-state index is -0.0257. The standard InChI is InChI=1S/C27H36N6O2/c1-18-13-20-15-28-27(29-21-9-12-32(3)25(34)14-21)30-24(20)17-33(18)26(35)22-10-11-31(2)16-23(22)19-7-5-4-6-8-19/h4-8,15,18,21-23H,9-14,16-17H2,1-3H3,(H,28,29,30)/t18-,21+,22+,23-/m1/s1. The summed E-state index contributed by atoms with van der Waals surface area (Å²) >= 11 is 0. The number of likely N-dealkylation sites (tertiary alicyclic amines) is 2.